The molecule has 0 atom stereocenters. The Bertz CT molecular complexity index is 194. The molecule has 1 saturated heterocycles. The zero-order valence-corrected chi connectivity index (χ0v) is 6.33. The summed E-state index contributed by atoms with van der Waals surface area (Å²) < 4.78 is 0. The van der Waals surface area contributed by atoms with Crippen molar-refractivity contribution in [1.82, 2.24) is 10.9 Å². The predicted molar refractivity (Wildman–Crippen MR) is 38.4 cm³/mol. The number of aliphatic carboxylic acids is 2. The molecule has 0 unspecified atom stereocenters. The van der Waals surface area contributed by atoms with Crippen LogP contribution in [-0.2, 0) is 9.59 Å². The van der Waals surface area contributed by atoms with E-state index >= 15 is 0 Å². The maximum atomic E-state index is 10.6. The van der Waals surface area contributed by atoms with E-state index in [0.29, 0.717) is 13.0 Å². The summed E-state index contributed by atoms with van der Waals surface area (Å²) >= 11 is 0. The van der Waals surface area contributed by atoms with E-state index in [1.54, 1.807) is 0 Å². The zero-order valence-electron chi connectivity index (χ0n) is 6.33. The lowest BCUT2D eigenvalue weighted by atomic mass is 9.93. The molecular formula is C6H10N2O4. The molecular weight excluding hydrogens is 164 g/mol. The first-order valence-electron chi connectivity index (χ1n) is 3.56. The van der Waals surface area contributed by atoms with Gasteiger partial charge in [-0.25, -0.2) is 15.0 Å². The van der Waals surface area contributed by atoms with E-state index < -0.39 is 17.5 Å². The van der Waals surface area contributed by atoms with Gasteiger partial charge in [0, 0.05) is 6.54 Å². The molecule has 0 saturated carbocycles. The Labute approximate surface area is 68.5 Å². The Morgan fingerprint density at radius 2 is 1.83 bits per heavy atom. The fourth-order valence-electron chi connectivity index (χ4n) is 1.13. The molecule has 1 heterocycles. The fraction of sp³-hybridized carbons (Fsp3) is 0.667. The van der Waals surface area contributed by atoms with Gasteiger partial charge in [0.05, 0.1) is 0 Å². The average Bonchev–Trinajstić information content (AvgIpc) is 2.05. The van der Waals surface area contributed by atoms with E-state index in [0.717, 1.165) is 0 Å². The molecule has 0 spiro atoms. The first-order chi connectivity index (χ1) is 5.59. The lowest BCUT2D eigenvalue weighted by molar-refractivity contribution is -0.161. The van der Waals surface area contributed by atoms with Crippen molar-refractivity contribution in [3.05, 3.63) is 0 Å². The molecule has 1 aliphatic rings. The van der Waals surface area contributed by atoms with E-state index in [-0.39, 0.29) is 6.42 Å². The molecule has 12 heavy (non-hydrogen) atoms. The van der Waals surface area contributed by atoms with Crippen LogP contribution in [0.1, 0.15) is 12.8 Å². The van der Waals surface area contributed by atoms with Crippen molar-refractivity contribution in [1.29, 1.82) is 0 Å². The second-order valence-electron chi connectivity index (χ2n) is 2.67. The SMILES string of the molecule is O=C(O)C1(C(=O)O)CCCNN1. The van der Waals surface area contributed by atoms with Gasteiger partial charge in [0.2, 0.25) is 5.54 Å². The number of rotatable bonds is 2. The molecule has 0 bridgehead atoms. The van der Waals surface area contributed by atoms with Gasteiger partial charge in [-0.15, -0.1) is 0 Å². The highest BCUT2D eigenvalue weighted by Crippen LogP contribution is 2.15. The van der Waals surface area contributed by atoms with E-state index in [1.165, 1.54) is 0 Å². The molecule has 0 amide bonds. The second-order valence-corrected chi connectivity index (χ2v) is 2.67. The topological polar surface area (TPSA) is 98.7 Å². The highest BCUT2D eigenvalue weighted by molar-refractivity contribution is 6.03. The second kappa shape index (κ2) is 3.08. The summed E-state index contributed by atoms with van der Waals surface area (Å²) in [4.78, 5) is 21.3. The van der Waals surface area contributed by atoms with Crippen LogP contribution in [0.5, 0.6) is 0 Å². The lowest BCUT2D eigenvalue weighted by Crippen LogP contribution is -2.65. The number of hydrogen-bond acceptors (Lipinski definition) is 4. The first kappa shape index (κ1) is 8.95. The lowest BCUT2D eigenvalue weighted by Gasteiger charge is -2.30. The standard InChI is InChI=1S/C6H10N2O4/c9-4(10)6(5(11)12)2-1-3-7-8-6/h7-8H,1-3H2,(H,9,10)(H,11,12). The maximum Gasteiger partial charge on any atom is 0.336 e. The van der Waals surface area contributed by atoms with Gasteiger partial charge in [-0.1, -0.05) is 0 Å². The average molecular weight is 174 g/mol. The number of hydrazine groups is 1. The molecule has 68 valence electrons. The van der Waals surface area contributed by atoms with Gasteiger partial charge < -0.3 is 10.2 Å². The predicted octanol–water partition coefficient (Wildman–Crippen LogP) is -1.22. The minimum absolute atomic E-state index is 0.102. The van der Waals surface area contributed by atoms with Gasteiger partial charge in [0.1, 0.15) is 0 Å². The Hall–Kier alpha value is -1.14. The van der Waals surface area contributed by atoms with E-state index in [2.05, 4.69) is 10.9 Å². The first-order valence-corrected chi connectivity index (χ1v) is 3.56. The number of carboxylic acids is 2. The van der Waals surface area contributed by atoms with Crippen LogP contribution in [0.3, 0.4) is 0 Å². The van der Waals surface area contributed by atoms with Crippen LogP contribution in [0.15, 0.2) is 0 Å². The molecule has 6 nitrogen and oxygen atoms in total. The summed E-state index contributed by atoms with van der Waals surface area (Å²) in [5, 5.41) is 17.4. The van der Waals surface area contributed by atoms with Crippen molar-refractivity contribution < 1.29 is 19.8 Å². The third-order valence-corrected chi connectivity index (χ3v) is 1.89. The van der Waals surface area contributed by atoms with Crippen LogP contribution in [0.4, 0.5) is 0 Å². The third kappa shape index (κ3) is 1.26. The van der Waals surface area contributed by atoms with Crippen molar-refractivity contribution >= 4 is 11.9 Å². The molecule has 6 heteroatoms. The summed E-state index contributed by atoms with van der Waals surface area (Å²) in [6.45, 7) is 0.586. The van der Waals surface area contributed by atoms with Crippen molar-refractivity contribution in [2.24, 2.45) is 0 Å². The number of hydrogen-bond donors (Lipinski definition) is 4. The Balaban J connectivity index is 2.84. The molecule has 0 radical (unpaired) electrons. The quantitative estimate of drug-likeness (QED) is 0.392. The largest absolute Gasteiger partial charge is 0.479 e. The van der Waals surface area contributed by atoms with Crippen LogP contribution in [0, 0.1) is 0 Å². The van der Waals surface area contributed by atoms with Gasteiger partial charge in [-0.05, 0) is 12.8 Å². The normalized spacial score (nSPS) is 21.7. The third-order valence-electron chi connectivity index (χ3n) is 1.89. The van der Waals surface area contributed by atoms with Crippen LogP contribution >= 0.6 is 0 Å². The highest BCUT2D eigenvalue weighted by atomic mass is 16.4. The number of carboxylic acid groups (broad SMARTS) is 2. The van der Waals surface area contributed by atoms with E-state index in [1.807, 2.05) is 0 Å². The van der Waals surface area contributed by atoms with Gasteiger partial charge in [0.15, 0.2) is 0 Å². The monoisotopic (exact) mass is 174 g/mol. The summed E-state index contributed by atoms with van der Waals surface area (Å²) in [7, 11) is 0. The molecule has 0 aliphatic carbocycles. The Morgan fingerprint density at radius 3 is 2.08 bits per heavy atom. The summed E-state index contributed by atoms with van der Waals surface area (Å²) in [5.74, 6) is -2.72. The van der Waals surface area contributed by atoms with Gasteiger partial charge in [-0.2, -0.15) is 0 Å². The van der Waals surface area contributed by atoms with Crippen LogP contribution in [0.2, 0.25) is 0 Å². The van der Waals surface area contributed by atoms with Crippen LogP contribution < -0.4 is 10.9 Å². The summed E-state index contributed by atoms with van der Waals surface area (Å²) in [6, 6.07) is 0. The molecule has 4 N–H and O–H groups in total. The van der Waals surface area contributed by atoms with Crippen molar-refractivity contribution in [2.75, 3.05) is 6.54 Å². The van der Waals surface area contributed by atoms with E-state index in [9.17, 15) is 9.59 Å². The summed E-state index contributed by atoms with van der Waals surface area (Å²) in [5.41, 5.74) is 2.96. The summed E-state index contributed by atoms with van der Waals surface area (Å²) in [6.07, 6.45) is 0.635. The van der Waals surface area contributed by atoms with Crippen molar-refractivity contribution in [2.45, 2.75) is 18.4 Å². The van der Waals surface area contributed by atoms with Gasteiger partial charge in [0.25, 0.3) is 0 Å². The molecule has 0 aromatic rings. The number of carbonyl (C=O) groups is 2. The highest BCUT2D eigenvalue weighted by Gasteiger charge is 2.47. The van der Waals surface area contributed by atoms with Crippen LogP contribution in [-0.4, -0.2) is 34.2 Å². The molecule has 1 aliphatic heterocycles. The minimum Gasteiger partial charge on any atom is -0.479 e. The number of nitrogens with one attached hydrogen (secondary N) is 2. The zero-order chi connectivity index (χ0) is 9.19. The van der Waals surface area contributed by atoms with Crippen molar-refractivity contribution in [3.63, 3.8) is 0 Å². The smallest absolute Gasteiger partial charge is 0.336 e. The maximum absolute atomic E-state index is 10.6. The Morgan fingerprint density at radius 1 is 1.25 bits per heavy atom. The molecule has 1 rings (SSSR count). The molecule has 1 fully saturated rings. The molecule has 0 aromatic carbocycles. The van der Waals surface area contributed by atoms with Crippen molar-refractivity contribution in [3.8, 4) is 0 Å². The van der Waals surface area contributed by atoms with Gasteiger partial charge >= 0.3 is 11.9 Å². The fourth-order valence-corrected chi connectivity index (χ4v) is 1.13. The Kier molecular flexibility index (Phi) is 2.30. The van der Waals surface area contributed by atoms with E-state index in [4.69, 9.17) is 10.2 Å². The minimum atomic E-state index is -1.85. The van der Waals surface area contributed by atoms with Gasteiger partial charge in [-0.3, -0.25) is 5.43 Å². The van der Waals surface area contributed by atoms with Crippen LogP contribution in [0.25, 0.3) is 0 Å². The molecule has 0 aromatic heterocycles.